The van der Waals surface area contributed by atoms with Crippen molar-refractivity contribution in [2.24, 2.45) is 0 Å². The van der Waals surface area contributed by atoms with Gasteiger partial charge in [0.2, 0.25) is 0 Å². The van der Waals surface area contributed by atoms with Gasteiger partial charge in [0.15, 0.2) is 6.61 Å². The van der Waals surface area contributed by atoms with Crippen molar-refractivity contribution in [1.29, 1.82) is 0 Å². The number of benzene rings is 2. The van der Waals surface area contributed by atoms with Crippen LogP contribution >= 0.6 is 11.8 Å². The first-order valence-corrected chi connectivity index (χ1v) is 9.32. The quantitative estimate of drug-likeness (QED) is 0.569. The first-order chi connectivity index (χ1) is 13.6. The van der Waals surface area contributed by atoms with Gasteiger partial charge in [-0.2, -0.15) is 0 Å². The summed E-state index contributed by atoms with van der Waals surface area (Å²) in [6.07, 6.45) is 3.17. The molecule has 3 rings (SSSR count). The van der Waals surface area contributed by atoms with Gasteiger partial charge in [0.05, 0.1) is 4.91 Å². The molecule has 0 radical (unpaired) electrons. The van der Waals surface area contributed by atoms with Crippen LogP contribution in [-0.4, -0.2) is 35.1 Å². The third kappa shape index (κ3) is 4.89. The number of nitrogens with zero attached hydrogens (tertiary/aromatic N) is 1. The van der Waals surface area contributed by atoms with E-state index >= 15 is 0 Å². The molecule has 0 aliphatic carbocycles. The number of amides is 3. The van der Waals surface area contributed by atoms with Gasteiger partial charge >= 0.3 is 0 Å². The van der Waals surface area contributed by atoms with Gasteiger partial charge in [-0.1, -0.05) is 36.4 Å². The molecular weight excluding hydrogens is 376 g/mol. The number of carbonyl (C=O) groups excluding carboxylic acids is 3. The smallest absolute Gasteiger partial charge is 0.293 e. The van der Waals surface area contributed by atoms with Crippen LogP contribution in [-0.2, 0) is 9.59 Å². The molecule has 1 aliphatic heterocycles. The summed E-state index contributed by atoms with van der Waals surface area (Å²) in [5, 5.41) is 2.43. The van der Waals surface area contributed by atoms with E-state index < -0.39 is 0 Å². The van der Waals surface area contributed by atoms with E-state index in [1.54, 1.807) is 42.5 Å². The molecule has 0 unspecified atom stereocenters. The summed E-state index contributed by atoms with van der Waals surface area (Å²) >= 11 is 0.902. The lowest BCUT2D eigenvalue weighted by atomic mass is 10.2. The molecule has 7 heteroatoms. The highest BCUT2D eigenvalue weighted by Gasteiger charge is 2.33. The first kappa shape index (κ1) is 19.4. The number of ether oxygens (including phenoxy) is 1. The normalized spacial score (nSPS) is 15.0. The zero-order valence-corrected chi connectivity index (χ0v) is 15.8. The highest BCUT2D eigenvalue weighted by Crippen LogP contribution is 2.32. The summed E-state index contributed by atoms with van der Waals surface area (Å²) in [6, 6.07) is 16.0. The molecule has 1 saturated heterocycles. The van der Waals surface area contributed by atoms with Crippen LogP contribution in [0, 0.1) is 0 Å². The van der Waals surface area contributed by atoms with E-state index in [1.807, 2.05) is 18.2 Å². The number of hydrogen-bond acceptors (Lipinski definition) is 5. The second-order valence-electron chi connectivity index (χ2n) is 5.85. The summed E-state index contributed by atoms with van der Waals surface area (Å²) in [7, 11) is 0. The molecule has 2 aromatic rings. The number of imide groups is 1. The third-order valence-electron chi connectivity index (χ3n) is 3.79. The lowest BCUT2D eigenvalue weighted by Gasteiger charge is -2.08. The fourth-order valence-corrected chi connectivity index (χ4v) is 3.31. The Bertz CT molecular complexity index is 923. The van der Waals surface area contributed by atoms with E-state index in [1.165, 1.54) is 6.08 Å². The fraction of sp³-hybridized carbons (Fsp3) is 0.0952. The number of anilines is 1. The molecule has 0 atom stereocenters. The van der Waals surface area contributed by atoms with Gasteiger partial charge in [-0.3, -0.25) is 19.3 Å². The molecule has 0 saturated carbocycles. The van der Waals surface area contributed by atoms with Gasteiger partial charge in [-0.25, -0.2) is 0 Å². The van der Waals surface area contributed by atoms with Crippen LogP contribution in [0.3, 0.4) is 0 Å². The lowest BCUT2D eigenvalue weighted by Crippen LogP contribution is -2.27. The average Bonchev–Trinajstić information content (AvgIpc) is 2.96. The van der Waals surface area contributed by atoms with Crippen molar-refractivity contribution in [2.45, 2.75) is 0 Å². The Balaban J connectivity index is 1.56. The van der Waals surface area contributed by atoms with E-state index in [9.17, 15) is 14.4 Å². The van der Waals surface area contributed by atoms with Gasteiger partial charge < -0.3 is 10.1 Å². The Morgan fingerprint density at radius 3 is 2.50 bits per heavy atom. The predicted molar refractivity (Wildman–Crippen MR) is 110 cm³/mol. The third-order valence-corrected chi connectivity index (χ3v) is 4.70. The van der Waals surface area contributed by atoms with Crippen LogP contribution in [0.1, 0.15) is 5.56 Å². The molecule has 142 valence electrons. The molecule has 0 aromatic heterocycles. The van der Waals surface area contributed by atoms with Gasteiger partial charge in [0, 0.05) is 12.2 Å². The molecule has 28 heavy (non-hydrogen) atoms. The van der Waals surface area contributed by atoms with Gasteiger partial charge in [-0.05, 0) is 47.7 Å². The molecule has 1 aliphatic rings. The number of para-hydroxylation sites is 1. The van der Waals surface area contributed by atoms with Gasteiger partial charge in [0.25, 0.3) is 17.1 Å². The van der Waals surface area contributed by atoms with Crippen LogP contribution in [0.5, 0.6) is 5.75 Å². The minimum atomic E-state index is -0.326. The minimum Gasteiger partial charge on any atom is -0.484 e. The second kappa shape index (κ2) is 9.05. The van der Waals surface area contributed by atoms with E-state index in [-0.39, 0.29) is 30.2 Å². The summed E-state index contributed by atoms with van der Waals surface area (Å²) in [4.78, 5) is 37.4. The van der Waals surface area contributed by atoms with E-state index in [0.29, 0.717) is 16.3 Å². The molecule has 1 heterocycles. The zero-order chi connectivity index (χ0) is 19.9. The van der Waals surface area contributed by atoms with Crippen molar-refractivity contribution in [2.75, 3.05) is 18.5 Å². The maximum atomic E-state index is 12.2. The lowest BCUT2D eigenvalue weighted by molar-refractivity contribution is -0.122. The van der Waals surface area contributed by atoms with Gasteiger partial charge in [0.1, 0.15) is 5.75 Å². The topological polar surface area (TPSA) is 75.7 Å². The van der Waals surface area contributed by atoms with Crippen molar-refractivity contribution >= 4 is 40.6 Å². The Hall–Kier alpha value is -3.32. The number of thioether (sulfide) groups is 1. The van der Waals surface area contributed by atoms with Crippen molar-refractivity contribution in [3.05, 3.63) is 77.7 Å². The first-order valence-electron chi connectivity index (χ1n) is 8.51. The van der Waals surface area contributed by atoms with Crippen LogP contribution < -0.4 is 10.1 Å². The molecule has 6 nitrogen and oxygen atoms in total. The monoisotopic (exact) mass is 394 g/mol. The Morgan fingerprint density at radius 2 is 1.82 bits per heavy atom. The zero-order valence-electron chi connectivity index (χ0n) is 15.0. The maximum Gasteiger partial charge on any atom is 0.293 e. The van der Waals surface area contributed by atoms with E-state index in [2.05, 4.69) is 11.9 Å². The second-order valence-corrected chi connectivity index (χ2v) is 6.85. The van der Waals surface area contributed by atoms with E-state index in [4.69, 9.17) is 4.74 Å². The van der Waals surface area contributed by atoms with E-state index in [0.717, 1.165) is 22.2 Å². The fourth-order valence-electron chi connectivity index (χ4n) is 2.47. The number of rotatable bonds is 7. The molecule has 1 fully saturated rings. The summed E-state index contributed by atoms with van der Waals surface area (Å²) in [5.74, 6) is -0.0564. The Kier molecular flexibility index (Phi) is 6.29. The molecule has 0 spiro atoms. The van der Waals surface area contributed by atoms with Crippen molar-refractivity contribution in [3.63, 3.8) is 0 Å². The summed E-state index contributed by atoms with van der Waals surface area (Å²) in [6.45, 7) is 3.63. The van der Waals surface area contributed by atoms with Crippen LogP contribution in [0.4, 0.5) is 10.5 Å². The minimum absolute atomic E-state index is 0.116. The van der Waals surface area contributed by atoms with Gasteiger partial charge in [-0.15, -0.1) is 6.58 Å². The average molecular weight is 394 g/mol. The standard InChI is InChI=1S/C21H18N2O4S/c1-2-12-23-20(25)18(28-21(23)26)13-15-8-10-17(11-9-15)27-14-19(24)22-16-6-4-3-5-7-16/h2-11,13H,1,12,14H2,(H,22,24)/b18-13+. The predicted octanol–water partition coefficient (Wildman–Crippen LogP) is 3.93. The van der Waals surface area contributed by atoms with Crippen LogP contribution in [0.2, 0.25) is 0 Å². The van der Waals surface area contributed by atoms with Crippen molar-refractivity contribution < 1.29 is 19.1 Å². The number of hydrogen-bond donors (Lipinski definition) is 1. The largest absolute Gasteiger partial charge is 0.484 e. The Morgan fingerprint density at radius 1 is 1.11 bits per heavy atom. The molecule has 1 N–H and O–H groups in total. The van der Waals surface area contributed by atoms with Crippen molar-refractivity contribution in [1.82, 2.24) is 4.90 Å². The summed E-state index contributed by atoms with van der Waals surface area (Å²) < 4.78 is 5.47. The molecule has 3 amide bonds. The molecular formula is C21H18N2O4S. The number of nitrogens with one attached hydrogen (secondary N) is 1. The van der Waals surface area contributed by atoms with Crippen molar-refractivity contribution in [3.8, 4) is 5.75 Å². The number of carbonyl (C=O) groups is 3. The maximum absolute atomic E-state index is 12.2. The van der Waals surface area contributed by atoms with Crippen LogP contribution in [0.15, 0.2) is 72.2 Å². The molecule has 2 aromatic carbocycles. The van der Waals surface area contributed by atoms with Crippen LogP contribution in [0.25, 0.3) is 6.08 Å². The Labute approximate surface area is 166 Å². The SMILES string of the molecule is C=CCN1C(=O)S/C(=C/c2ccc(OCC(=O)Nc3ccccc3)cc2)C1=O. The highest BCUT2D eigenvalue weighted by molar-refractivity contribution is 8.18. The summed E-state index contributed by atoms with van der Waals surface area (Å²) in [5.41, 5.74) is 1.46. The highest BCUT2D eigenvalue weighted by atomic mass is 32.2. The molecule has 0 bridgehead atoms.